The van der Waals surface area contributed by atoms with Crippen molar-refractivity contribution in [2.45, 2.75) is 26.2 Å². The van der Waals surface area contributed by atoms with Crippen molar-refractivity contribution in [3.05, 3.63) is 23.2 Å². The summed E-state index contributed by atoms with van der Waals surface area (Å²) in [7, 11) is 3.68. The number of hydrogen-bond donors (Lipinski definition) is 0. The number of nitrogens with zero attached hydrogens (tertiary/aromatic N) is 3. The van der Waals surface area contributed by atoms with Crippen LogP contribution in [0.25, 0.3) is 10.1 Å². The minimum absolute atomic E-state index is 0.0880. The van der Waals surface area contributed by atoms with Crippen molar-refractivity contribution in [2.75, 3.05) is 32.1 Å². The number of hydrogen-bond acceptors (Lipinski definition) is 4. The van der Waals surface area contributed by atoms with Gasteiger partial charge < -0.3 is 9.80 Å². The highest BCUT2D eigenvalue weighted by Gasteiger charge is 2.28. The molecule has 3 rings (SSSR count). The summed E-state index contributed by atoms with van der Waals surface area (Å²) in [5.41, 5.74) is 0. The molecule has 0 radical (unpaired) electrons. The van der Waals surface area contributed by atoms with E-state index in [2.05, 4.69) is 28.9 Å². The van der Waals surface area contributed by atoms with E-state index in [1.165, 1.54) is 15.0 Å². The van der Waals surface area contributed by atoms with E-state index in [9.17, 15) is 4.79 Å². The van der Waals surface area contributed by atoms with Crippen LogP contribution in [0, 0.1) is 5.92 Å². The van der Waals surface area contributed by atoms with Gasteiger partial charge in [0.05, 0.1) is 5.92 Å². The molecule has 22 heavy (non-hydrogen) atoms. The van der Waals surface area contributed by atoms with Gasteiger partial charge in [-0.15, -0.1) is 11.3 Å². The lowest BCUT2D eigenvalue weighted by Crippen LogP contribution is -2.43. The maximum Gasteiger partial charge on any atom is 0.226 e. The number of anilines is 1. The van der Waals surface area contributed by atoms with Crippen LogP contribution in [0.2, 0.25) is 0 Å². The summed E-state index contributed by atoms with van der Waals surface area (Å²) in [5, 5.41) is 1.24. The topological polar surface area (TPSA) is 36.4 Å². The second-order valence-corrected chi connectivity index (χ2v) is 7.30. The molecule has 0 N–H and O–H groups in total. The Morgan fingerprint density at radius 1 is 1.50 bits per heavy atom. The van der Waals surface area contributed by atoms with E-state index in [-0.39, 0.29) is 11.8 Å². The summed E-state index contributed by atoms with van der Waals surface area (Å²) in [5.74, 6) is 1.37. The van der Waals surface area contributed by atoms with Crippen LogP contribution in [0.4, 0.5) is 5.82 Å². The number of thiophene rings is 1. The first-order valence-corrected chi connectivity index (χ1v) is 8.75. The van der Waals surface area contributed by atoms with Crippen LogP contribution in [0.5, 0.6) is 0 Å². The second kappa shape index (κ2) is 6.24. The van der Waals surface area contributed by atoms with Gasteiger partial charge in [-0.05, 0) is 31.4 Å². The molecule has 1 aliphatic rings. The van der Waals surface area contributed by atoms with Crippen molar-refractivity contribution < 1.29 is 4.79 Å². The number of rotatable bonds is 3. The number of aromatic nitrogens is 1. The third-order valence-corrected chi connectivity index (χ3v) is 5.58. The molecule has 4 nitrogen and oxygen atoms in total. The summed E-state index contributed by atoms with van der Waals surface area (Å²) in [4.78, 5) is 22.3. The highest BCUT2D eigenvalue weighted by molar-refractivity contribution is 7.19. The maximum absolute atomic E-state index is 12.3. The molecule has 0 spiro atoms. The van der Waals surface area contributed by atoms with Crippen molar-refractivity contribution in [2.24, 2.45) is 5.92 Å². The summed E-state index contributed by atoms with van der Waals surface area (Å²) in [6, 6.07) is 4.36. The fraction of sp³-hybridized carbons (Fsp3) is 0.529. The van der Waals surface area contributed by atoms with E-state index in [1.807, 2.05) is 31.6 Å². The van der Waals surface area contributed by atoms with Crippen LogP contribution < -0.4 is 4.90 Å². The minimum atomic E-state index is 0.0880. The lowest BCUT2D eigenvalue weighted by Gasteiger charge is -2.34. The molecule has 2 aromatic heterocycles. The molecule has 1 aliphatic heterocycles. The summed E-state index contributed by atoms with van der Waals surface area (Å²) >= 11 is 1.85. The minimum Gasteiger partial charge on any atom is -0.355 e. The van der Waals surface area contributed by atoms with Gasteiger partial charge in [0.25, 0.3) is 0 Å². The van der Waals surface area contributed by atoms with Crippen LogP contribution >= 0.6 is 11.3 Å². The zero-order chi connectivity index (χ0) is 15.7. The Labute approximate surface area is 135 Å². The SMILES string of the molecule is CCc1cc2c(N3CCC[C@@H](C(=O)N(C)C)C3)nccc2s1. The summed E-state index contributed by atoms with van der Waals surface area (Å²) in [6.07, 6.45) is 4.98. The molecular weight excluding hydrogens is 294 g/mol. The Balaban J connectivity index is 1.90. The van der Waals surface area contributed by atoms with E-state index in [1.54, 1.807) is 4.90 Å². The zero-order valence-electron chi connectivity index (χ0n) is 13.5. The Bertz CT molecular complexity index is 680. The van der Waals surface area contributed by atoms with Gasteiger partial charge in [-0.3, -0.25) is 4.79 Å². The second-order valence-electron chi connectivity index (χ2n) is 6.13. The van der Waals surface area contributed by atoms with Crippen LogP contribution in [0.1, 0.15) is 24.6 Å². The molecule has 0 bridgehead atoms. The van der Waals surface area contributed by atoms with Gasteiger partial charge in [0.2, 0.25) is 5.91 Å². The largest absolute Gasteiger partial charge is 0.355 e. The first-order valence-electron chi connectivity index (χ1n) is 7.93. The third kappa shape index (κ3) is 2.82. The summed E-state index contributed by atoms with van der Waals surface area (Å²) < 4.78 is 1.29. The van der Waals surface area contributed by atoms with Crippen molar-refractivity contribution in [1.29, 1.82) is 0 Å². The quantitative estimate of drug-likeness (QED) is 0.872. The number of fused-ring (bicyclic) bond motifs is 1. The van der Waals surface area contributed by atoms with Crippen LogP contribution in [0.3, 0.4) is 0 Å². The van der Waals surface area contributed by atoms with Gasteiger partial charge in [-0.1, -0.05) is 6.92 Å². The third-order valence-electron chi connectivity index (χ3n) is 4.33. The monoisotopic (exact) mass is 317 g/mol. The normalized spacial score (nSPS) is 18.7. The zero-order valence-corrected chi connectivity index (χ0v) is 14.3. The first-order chi connectivity index (χ1) is 10.6. The average Bonchev–Trinajstić information content (AvgIpc) is 2.97. The van der Waals surface area contributed by atoms with E-state index in [0.717, 1.165) is 38.2 Å². The number of piperidine rings is 1. The number of carbonyl (C=O) groups excluding carboxylic acids is 1. The van der Waals surface area contributed by atoms with Crippen LogP contribution in [-0.2, 0) is 11.2 Å². The number of carbonyl (C=O) groups is 1. The van der Waals surface area contributed by atoms with Crippen molar-refractivity contribution in [3.63, 3.8) is 0 Å². The standard InChI is InChI=1S/C17H23N3OS/c1-4-13-10-14-15(22-13)7-8-18-16(14)20-9-5-6-12(11-20)17(21)19(2)3/h7-8,10,12H,4-6,9,11H2,1-3H3/t12-/m1/s1. The van der Waals surface area contributed by atoms with Crippen LogP contribution in [0.15, 0.2) is 18.3 Å². The Morgan fingerprint density at radius 3 is 3.05 bits per heavy atom. The van der Waals surface area contributed by atoms with Gasteiger partial charge in [-0.2, -0.15) is 0 Å². The van der Waals surface area contributed by atoms with E-state index in [0.29, 0.717) is 0 Å². The molecule has 0 saturated carbocycles. The molecule has 2 aromatic rings. The lowest BCUT2D eigenvalue weighted by molar-refractivity contribution is -0.133. The maximum atomic E-state index is 12.3. The Hall–Kier alpha value is -1.62. The van der Waals surface area contributed by atoms with Gasteiger partial charge in [0.15, 0.2) is 0 Å². The highest BCUT2D eigenvalue weighted by atomic mass is 32.1. The first kappa shape index (κ1) is 15.3. The predicted molar refractivity (Wildman–Crippen MR) is 92.6 cm³/mol. The molecule has 118 valence electrons. The van der Waals surface area contributed by atoms with Gasteiger partial charge in [-0.25, -0.2) is 4.98 Å². The molecule has 0 unspecified atom stereocenters. The molecule has 1 saturated heterocycles. The number of pyridine rings is 1. The smallest absolute Gasteiger partial charge is 0.226 e. The van der Waals surface area contributed by atoms with Gasteiger partial charge in [0.1, 0.15) is 5.82 Å². The van der Waals surface area contributed by atoms with Gasteiger partial charge in [0, 0.05) is 48.3 Å². The van der Waals surface area contributed by atoms with Crippen molar-refractivity contribution >= 4 is 33.1 Å². The molecule has 1 atom stereocenters. The van der Waals surface area contributed by atoms with Crippen LogP contribution in [-0.4, -0.2) is 43.0 Å². The molecule has 0 aliphatic carbocycles. The molecule has 0 aromatic carbocycles. The molecule has 1 fully saturated rings. The lowest BCUT2D eigenvalue weighted by atomic mass is 9.96. The molecular formula is C17H23N3OS. The average molecular weight is 317 g/mol. The predicted octanol–water partition coefficient (Wildman–Crippen LogP) is 3.16. The van der Waals surface area contributed by atoms with E-state index in [4.69, 9.17) is 0 Å². The Morgan fingerprint density at radius 2 is 2.32 bits per heavy atom. The number of amides is 1. The van der Waals surface area contributed by atoms with Crippen molar-refractivity contribution in [1.82, 2.24) is 9.88 Å². The fourth-order valence-electron chi connectivity index (χ4n) is 3.16. The van der Waals surface area contributed by atoms with E-state index < -0.39 is 0 Å². The molecule has 5 heteroatoms. The number of aryl methyl sites for hydroxylation is 1. The van der Waals surface area contributed by atoms with Gasteiger partial charge >= 0.3 is 0 Å². The van der Waals surface area contributed by atoms with Crippen molar-refractivity contribution in [3.8, 4) is 0 Å². The fourth-order valence-corrected chi connectivity index (χ4v) is 4.16. The summed E-state index contributed by atoms with van der Waals surface area (Å²) in [6.45, 7) is 3.95. The Kier molecular flexibility index (Phi) is 4.34. The van der Waals surface area contributed by atoms with E-state index >= 15 is 0 Å². The highest BCUT2D eigenvalue weighted by Crippen LogP contribution is 2.34. The molecule has 1 amide bonds. The molecule has 3 heterocycles.